The van der Waals surface area contributed by atoms with Gasteiger partial charge in [0.25, 0.3) is 0 Å². The van der Waals surface area contributed by atoms with Gasteiger partial charge in [-0.1, -0.05) is 103 Å². The zero-order valence-corrected chi connectivity index (χ0v) is 17.9. The van der Waals surface area contributed by atoms with E-state index in [-0.39, 0.29) is 19.0 Å². The van der Waals surface area contributed by atoms with Crippen molar-refractivity contribution in [1.82, 2.24) is 0 Å². The SMILES string of the molecule is C#CC[N+](O)(CC=C)C(=O)CCCCCCCCCCCCCCCCC. The highest BCUT2D eigenvalue weighted by Crippen LogP contribution is 2.15. The number of amides is 1. The van der Waals surface area contributed by atoms with Gasteiger partial charge >= 0.3 is 5.91 Å². The third kappa shape index (κ3) is 14.6. The molecule has 0 spiro atoms. The summed E-state index contributed by atoms with van der Waals surface area (Å²) in [6.07, 6.45) is 26.7. The van der Waals surface area contributed by atoms with Crippen LogP contribution in [0.15, 0.2) is 12.7 Å². The molecule has 0 aromatic rings. The van der Waals surface area contributed by atoms with Gasteiger partial charge < -0.3 is 0 Å². The molecule has 27 heavy (non-hydrogen) atoms. The molecule has 0 radical (unpaired) electrons. The van der Waals surface area contributed by atoms with Crippen molar-refractivity contribution >= 4 is 5.91 Å². The van der Waals surface area contributed by atoms with E-state index in [1.54, 1.807) is 6.08 Å². The highest BCUT2D eigenvalue weighted by atomic mass is 16.6. The highest BCUT2D eigenvalue weighted by molar-refractivity contribution is 5.68. The van der Waals surface area contributed by atoms with Gasteiger partial charge in [0.1, 0.15) is 6.54 Å². The summed E-state index contributed by atoms with van der Waals surface area (Å²) in [6.45, 7) is 6.06. The van der Waals surface area contributed by atoms with Crippen molar-refractivity contribution in [3.05, 3.63) is 12.7 Å². The van der Waals surface area contributed by atoms with Crippen molar-refractivity contribution in [2.24, 2.45) is 0 Å². The topological polar surface area (TPSA) is 37.3 Å². The lowest BCUT2D eigenvalue weighted by atomic mass is 10.0. The first-order valence-electron chi connectivity index (χ1n) is 11.3. The molecule has 3 heteroatoms. The Kier molecular flexibility index (Phi) is 17.5. The van der Waals surface area contributed by atoms with Crippen LogP contribution in [0.3, 0.4) is 0 Å². The van der Waals surface area contributed by atoms with Crippen LogP contribution >= 0.6 is 0 Å². The number of hydrogen-bond acceptors (Lipinski definition) is 2. The number of terminal acetylenes is 1. The van der Waals surface area contributed by atoms with Crippen LogP contribution in [0.2, 0.25) is 0 Å². The van der Waals surface area contributed by atoms with Gasteiger partial charge in [0, 0.05) is 0 Å². The van der Waals surface area contributed by atoms with Crippen LogP contribution in [-0.4, -0.2) is 28.9 Å². The fraction of sp³-hybridized carbons (Fsp3) is 0.792. The number of unbranched alkanes of at least 4 members (excludes halogenated alkanes) is 14. The van der Waals surface area contributed by atoms with Crippen molar-refractivity contribution in [3.8, 4) is 12.3 Å². The van der Waals surface area contributed by atoms with E-state index in [1.807, 2.05) is 0 Å². The third-order valence-electron chi connectivity index (χ3n) is 5.24. The standard InChI is InChI=1S/C24H44NO2/c1-4-7-8-9-10-11-12-13-14-15-16-17-18-19-20-21-24(26)25(27,22-5-2)23-6-3/h2,6,27H,3-4,7-23H2,1H3/q+1. The van der Waals surface area contributed by atoms with Crippen molar-refractivity contribution < 1.29 is 14.6 Å². The van der Waals surface area contributed by atoms with E-state index >= 15 is 0 Å². The normalized spacial score (nSPS) is 13.1. The summed E-state index contributed by atoms with van der Waals surface area (Å²) in [4.78, 5) is 12.2. The lowest BCUT2D eigenvalue weighted by Gasteiger charge is -2.23. The van der Waals surface area contributed by atoms with Crippen LogP contribution in [-0.2, 0) is 4.79 Å². The maximum absolute atomic E-state index is 12.2. The van der Waals surface area contributed by atoms with Gasteiger partial charge in [-0.2, -0.15) is 0 Å². The molecular weight excluding hydrogens is 334 g/mol. The second-order valence-corrected chi connectivity index (χ2v) is 7.85. The zero-order chi connectivity index (χ0) is 20.2. The fourth-order valence-corrected chi connectivity index (χ4v) is 3.47. The zero-order valence-electron chi connectivity index (χ0n) is 17.9. The second kappa shape index (κ2) is 18.3. The lowest BCUT2D eigenvalue weighted by molar-refractivity contribution is -1.03. The molecule has 1 amide bonds. The van der Waals surface area contributed by atoms with E-state index in [1.165, 1.54) is 83.5 Å². The minimum atomic E-state index is -0.696. The molecule has 0 saturated carbocycles. The Balaban J connectivity index is 3.46. The summed E-state index contributed by atoms with van der Waals surface area (Å²) in [6, 6.07) is 0. The minimum absolute atomic E-state index is 0.0175. The van der Waals surface area contributed by atoms with E-state index in [2.05, 4.69) is 19.4 Å². The van der Waals surface area contributed by atoms with Crippen LogP contribution in [0.1, 0.15) is 110 Å². The summed E-state index contributed by atoms with van der Waals surface area (Å²) in [5.74, 6) is 2.19. The molecule has 0 aromatic carbocycles. The van der Waals surface area contributed by atoms with Crippen LogP contribution in [0.25, 0.3) is 0 Å². The van der Waals surface area contributed by atoms with Gasteiger partial charge in [-0.3, -0.25) is 0 Å². The molecule has 1 N–H and O–H groups in total. The average molecular weight is 379 g/mol. The Morgan fingerprint density at radius 3 is 1.67 bits per heavy atom. The molecule has 3 nitrogen and oxygen atoms in total. The predicted molar refractivity (Wildman–Crippen MR) is 115 cm³/mol. The van der Waals surface area contributed by atoms with Crippen molar-refractivity contribution in [2.75, 3.05) is 13.1 Å². The Morgan fingerprint density at radius 2 is 1.30 bits per heavy atom. The molecule has 0 aliphatic carbocycles. The van der Waals surface area contributed by atoms with Crippen LogP contribution in [0.4, 0.5) is 0 Å². The smallest absolute Gasteiger partial charge is 0.227 e. The molecule has 0 aliphatic rings. The Bertz CT molecular complexity index is 413. The quantitative estimate of drug-likeness (QED) is 0.0670. The Labute approximate surface area is 168 Å². The molecule has 0 fully saturated rings. The Hall–Kier alpha value is -1.11. The van der Waals surface area contributed by atoms with Gasteiger partial charge in [0.15, 0.2) is 6.54 Å². The van der Waals surface area contributed by atoms with Crippen LogP contribution in [0.5, 0.6) is 0 Å². The van der Waals surface area contributed by atoms with E-state index < -0.39 is 4.65 Å². The number of carbonyl (C=O) groups excluding carboxylic acids is 1. The first kappa shape index (κ1) is 25.9. The summed E-state index contributed by atoms with van der Waals surface area (Å²) in [5.41, 5.74) is 0. The maximum atomic E-state index is 12.2. The van der Waals surface area contributed by atoms with Crippen molar-refractivity contribution in [2.45, 2.75) is 110 Å². The molecule has 0 rings (SSSR count). The number of hydroxylamine groups is 3. The first-order chi connectivity index (χ1) is 13.1. The fourth-order valence-electron chi connectivity index (χ4n) is 3.47. The first-order valence-corrected chi connectivity index (χ1v) is 11.3. The molecule has 0 aromatic heterocycles. The molecule has 0 bridgehead atoms. The summed E-state index contributed by atoms with van der Waals surface area (Å²) >= 11 is 0. The summed E-state index contributed by atoms with van der Waals surface area (Å²) in [5, 5.41) is 10.3. The van der Waals surface area contributed by atoms with Gasteiger partial charge in [0.05, 0.1) is 6.42 Å². The molecular formula is C24H44NO2+. The molecule has 0 heterocycles. The van der Waals surface area contributed by atoms with Crippen LogP contribution < -0.4 is 0 Å². The minimum Gasteiger partial charge on any atom is -0.227 e. The number of rotatable bonds is 19. The van der Waals surface area contributed by atoms with E-state index in [0.717, 1.165) is 12.8 Å². The molecule has 0 saturated heterocycles. The van der Waals surface area contributed by atoms with Gasteiger partial charge in [-0.25, -0.2) is 10.0 Å². The number of carbonyl (C=O) groups is 1. The van der Waals surface area contributed by atoms with Gasteiger partial charge in [-0.15, -0.1) is 11.1 Å². The highest BCUT2D eigenvalue weighted by Gasteiger charge is 2.32. The molecule has 1 atom stereocenters. The summed E-state index contributed by atoms with van der Waals surface area (Å²) < 4.78 is -0.696. The second-order valence-electron chi connectivity index (χ2n) is 7.85. The number of quaternary nitrogens is 1. The Morgan fingerprint density at radius 1 is 0.889 bits per heavy atom. The van der Waals surface area contributed by atoms with Crippen molar-refractivity contribution in [3.63, 3.8) is 0 Å². The average Bonchev–Trinajstić information content (AvgIpc) is 2.65. The number of nitrogens with zero attached hydrogens (tertiary/aromatic N) is 1. The monoisotopic (exact) mass is 378 g/mol. The van der Waals surface area contributed by atoms with Gasteiger partial charge in [-0.05, 0) is 18.4 Å². The largest absolute Gasteiger partial charge is 0.346 e. The van der Waals surface area contributed by atoms with E-state index in [9.17, 15) is 10.0 Å². The van der Waals surface area contributed by atoms with E-state index in [0.29, 0.717) is 6.42 Å². The maximum Gasteiger partial charge on any atom is 0.346 e. The molecule has 1 unspecified atom stereocenters. The molecule has 0 aliphatic heterocycles. The van der Waals surface area contributed by atoms with Crippen LogP contribution in [0, 0.1) is 12.3 Å². The molecule has 156 valence electrons. The third-order valence-corrected chi connectivity index (χ3v) is 5.24. The number of hydrogen-bond donors (Lipinski definition) is 1. The van der Waals surface area contributed by atoms with Gasteiger partial charge in [0.2, 0.25) is 0 Å². The lowest BCUT2D eigenvalue weighted by Crippen LogP contribution is -2.50. The van der Waals surface area contributed by atoms with E-state index in [4.69, 9.17) is 6.42 Å². The predicted octanol–water partition coefficient (Wildman–Crippen LogP) is 6.80. The van der Waals surface area contributed by atoms with Crippen molar-refractivity contribution in [1.29, 1.82) is 0 Å². The summed E-state index contributed by atoms with van der Waals surface area (Å²) in [7, 11) is 0.